The molecule has 0 aliphatic rings. The van der Waals surface area contributed by atoms with Gasteiger partial charge in [0.05, 0.1) is 7.11 Å². The summed E-state index contributed by atoms with van der Waals surface area (Å²) < 4.78 is 34.4. The number of anilines is 1. The van der Waals surface area contributed by atoms with Crippen LogP contribution >= 0.6 is 0 Å². The van der Waals surface area contributed by atoms with Crippen LogP contribution in [0, 0.1) is 17.6 Å². The van der Waals surface area contributed by atoms with Gasteiger partial charge in [-0.1, -0.05) is 20.3 Å². The van der Waals surface area contributed by atoms with Crippen molar-refractivity contribution in [1.29, 1.82) is 0 Å². The maximum atomic E-state index is 14.5. The fourth-order valence-corrected chi connectivity index (χ4v) is 3.36. The molecule has 2 unspecified atom stereocenters. The molecule has 3 N–H and O–H groups in total. The lowest BCUT2D eigenvalue weighted by Gasteiger charge is -2.20. The van der Waals surface area contributed by atoms with Crippen LogP contribution in [-0.4, -0.2) is 52.0 Å². The van der Waals surface area contributed by atoms with Crippen molar-refractivity contribution in [3.63, 3.8) is 0 Å². The van der Waals surface area contributed by atoms with Gasteiger partial charge in [-0.05, 0) is 36.2 Å². The Morgan fingerprint density at radius 2 is 1.94 bits per heavy atom. The predicted molar refractivity (Wildman–Crippen MR) is 119 cm³/mol. The minimum Gasteiger partial charge on any atom is -0.480 e. The zero-order valence-electron chi connectivity index (χ0n) is 18.8. The molecule has 11 heteroatoms. The minimum absolute atomic E-state index is 0.0153. The quantitative estimate of drug-likeness (QED) is 0.408. The first-order valence-electron chi connectivity index (χ1n) is 10.5. The standard InChI is InChI=1S/C23H24F2N4O5/c1-4-12(2)19(23(32)33)28-22(31)13-7-8-29-17(9-13)27-20(21(29)26-11-18(30)34-3)15-10-14(24)5-6-16(15)25/h5-10,12,19,26H,4,11H2,1-3H3,(H,28,31)(H,32,33). The summed E-state index contributed by atoms with van der Waals surface area (Å²) in [4.78, 5) is 40.3. The van der Waals surface area contributed by atoms with Gasteiger partial charge in [0.25, 0.3) is 5.91 Å². The summed E-state index contributed by atoms with van der Waals surface area (Å²) in [5.74, 6) is -3.91. The van der Waals surface area contributed by atoms with Gasteiger partial charge in [-0.3, -0.25) is 14.0 Å². The van der Waals surface area contributed by atoms with Crippen LogP contribution in [0.25, 0.3) is 16.9 Å². The van der Waals surface area contributed by atoms with Gasteiger partial charge in [0.2, 0.25) is 0 Å². The minimum atomic E-state index is -1.15. The fraction of sp³-hybridized carbons (Fsp3) is 0.304. The van der Waals surface area contributed by atoms with Crippen molar-refractivity contribution in [3.8, 4) is 11.3 Å². The molecule has 2 heterocycles. The molecule has 0 radical (unpaired) electrons. The van der Waals surface area contributed by atoms with Crippen LogP contribution in [0.15, 0.2) is 36.5 Å². The van der Waals surface area contributed by atoms with Crippen molar-refractivity contribution in [1.82, 2.24) is 14.7 Å². The average molecular weight is 474 g/mol. The van der Waals surface area contributed by atoms with Crippen LogP contribution in [-0.2, 0) is 14.3 Å². The number of carbonyl (C=O) groups excluding carboxylic acids is 2. The lowest BCUT2D eigenvalue weighted by Crippen LogP contribution is -2.45. The number of halogens is 2. The van der Waals surface area contributed by atoms with E-state index in [1.54, 1.807) is 6.92 Å². The molecule has 2 atom stereocenters. The number of fused-ring (bicyclic) bond motifs is 1. The molecule has 1 aromatic carbocycles. The number of amides is 1. The van der Waals surface area contributed by atoms with Gasteiger partial charge >= 0.3 is 11.9 Å². The molecule has 0 aliphatic heterocycles. The smallest absolute Gasteiger partial charge is 0.326 e. The molecule has 0 saturated carbocycles. The van der Waals surface area contributed by atoms with Crippen LogP contribution in [0.1, 0.15) is 30.6 Å². The molecule has 1 amide bonds. The van der Waals surface area contributed by atoms with Gasteiger partial charge in [-0.25, -0.2) is 18.6 Å². The fourth-order valence-electron chi connectivity index (χ4n) is 3.36. The third-order valence-electron chi connectivity index (χ3n) is 5.47. The summed E-state index contributed by atoms with van der Waals surface area (Å²) in [7, 11) is 1.21. The number of pyridine rings is 1. The van der Waals surface area contributed by atoms with Gasteiger partial charge in [-0.2, -0.15) is 0 Å². The summed E-state index contributed by atoms with van der Waals surface area (Å²) in [6.07, 6.45) is 2.00. The number of imidazole rings is 1. The molecular weight excluding hydrogens is 450 g/mol. The lowest BCUT2D eigenvalue weighted by molar-refractivity contribution is -0.140. The number of aromatic nitrogens is 2. The van der Waals surface area contributed by atoms with Crippen molar-refractivity contribution in [2.45, 2.75) is 26.3 Å². The van der Waals surface area contributed by atoms with Gasteiger partial charge in [0.15, 0.2) is 0 Å². The Kier molecular flexibility index (Phi) is 7.44. The Labute approximate surface area is 193 Å². The lowest BCUT2D eigenvalue weighted by atomic mass is 9.99. The van der Waals surface area contributed by atoms with E-state index in [1.165, 1.54) is 29.8 Å². The summed E-state index contributed by atoms with van der Waals surface area (Å²) in [5, 5.41) is 14.8. The number of esters is 1. The highest BCUT2D eigenvalue weighted by Crippen LogP contribution is 2.31. The highest BCUT2D eigenvalue weighted by atomic mass is 19.1. The van der Waals surface area contributed by atoms with Gasteiger partial charge in [0.1, 0.15) is 41.4 Å². The van der Waals surface area contributed by atoms with Crippen molar-refractivity contribution in [3.05, 3.63) is 53.7 Å². The van der Waals surface area contributed by atoms with Gasteiger partial charge in [0, 0.05) is 17.3 Å². The van der Waals surface area contributed by atoms with Crippen molar-refractivity contribution < 1.29 is 33.0 Å². The molecule has 2 aromatic heterocycles. The van der Waals surface area contributed by atoms with Crippen LogP contribution in [0.3, 0.4) is 0 Å². The molecule has 9 nitrogen and oxygen atoms in total. The number of carboxylic acid groups (broad SMARTS) is 1. The first-order chi connectivity index (χ1) is 16.2. The third kappa shape index (κ3) is 5.13. The largest absolute Gasteiger partial charge is 0.480 e. The summed E-state index contributed by atoms with van der Waals surface area (Å²) in [5.41, 5.74) is 0.179. The predicted octanol–water partition coefficient (Wildman–Crippen LogP) is 3.09. The number of benzene rings is 1. The van der Waals surface area contributed by atoms with Crippen LogP contribution in [0.4, 0.5) is 14.6 Å². The zero-order valence-corrected chi connectivity index (χ0v) is 18.8. The molecular formula is C23H24F2N4O5. The number of ether oxygens (including phenoxy) is 1. The monoisotopic (exact) mass is 474 g/mol. The molecule has 0 aliphatic carbocycles. The van der Waals surface area contributed by atoms with E-state index < -0.39 is 35.5 Å². The molecule has 0 spiro atoms. The number of methoxy groups -OCH3 is 1. The Balaban J connectivity index is 2.05. The average Bonchev–Trinajstić information content (AvgIpc) is 3.18. The number of aliphatic carboxylic acids is 1. The van der Waals surface area contributed by atoms with E-state index in [0.29, 0.717) is 6.42 Å². The van der Waals surface area contributed by atoms with E-state index in [4.69, 9.17) is 0 Å². The van der Waals surface area contributed by atoms with Crippen LogP contribution in [0.2, 0.25) is 0 Å². The Hall–Kier alpha value is -4.02. The van der Waals surface area contributed by atoms with Crippen LogP contribution < -0.4 is 10.6 Å². The number of hydrogen-bond donors (Lipinski definition) is 3. The van der Waals surface area contributed by atoms with Crippen molar-refractivity contribution in [2.24, 2.45) is 5.92 Å². The number of rotatable bonds is 9. The molecule has 34 heavy (non-hydrogen) atoms. The highest BCUT2D eigenvalue weighted by molar-refractivity contribution is 5.97. The number of carboxylic acids is 1. The van der Waals surface area contributed by atoms with Crippen molar-refractivity contribution in [2.75, 3.05) is 19.0 Å². The second-order valence-electron chi connectivity index (χ2n) is 7.68. The second kappa shape index (κ2) is 10.3. The molecule has 0 fully saturated rings. The zero-order chi connectivity index (χ0) is 25.0. The molecule has 3 rings (SSSR count). The summed E-state index contributed by atoms with van der Waals surface area (Å²) >= 11 is 0. The van der Waals surface area contributed by atoms with E-state index in [9.17, 15) is 28.3 Å². The third-order valence-corrected chi connectivity index (χ3v) is 5.47. The molecule has 3 aromatic rings. The van der Waals surface area contributed by atoms with E-state index in [0.717, 1.165) is 18.2 Å². The summed E-state index contributed by atoms with van der Waals surface area (Å²) in [6, 6.07) is 4.62. The SMILES string of the molecule is CCC(C)C(NC(=O)c1ccn2c(NCC(=O)OC)c(-c3cc(F)ccc3F)nc2c1)C(=O)O. The van der Waals surface area contributed by atoms with Crippen LogP contribution in [0.5, 0.6) is 0 Å². The number of nitrogens with one attached hydrogen (secondary N) is 2. The Morgan fingerprint density at radius 3 is 2.59 bits per heavy atom. The van der Waals surface area contributed by atoms with Gasteiger partial charge < -0.3 is 20.5 Å². The molecule has 0 saturated heterocycles. The topological polar surface area (TPSA) is 122 Å². The first-order valence-corrected chi connectivity index (χ1v) is 10.5. The van der Waals surface area contributed by atoms with E-state index in [-0.39, 0.29) is 40.7 Å². The maximum Gasteiger partial charge on any atom is 0.326 e. The Morgan fingerprint density at radius 1 is 1.21 bits per heavy atom. The highest BCUT2D eigenvalue weighted by Gasteiger charge is 2.26. The maximum absolute atomic E-state index is 14.5. The van der Waals surface area contributed by atoms with E-state index in [2.05, 4.69) is 20.4 Å². The second-order valence-corrected chi connectivity index (χ2v) is 7.68. The number of hydrogen-bond acceptors (Lipinski definition) is 6. The van der Waals surface area contributed by atoms with E-state index in [1.807, 2.05) is 6.92 Å². The van der Waals surface area contributed by atoms with Gasteiger partial charge in [-0.15, -0.1) is 0 Å². The van der Waals surface area contributed by atoms with E-state index >= 15 is 0 Å². The summed E-state index contributed by atoms with van der Waals surface area (Å²) in [6.45, 7) is 3.26. The Bertz CT molecular complexity index is 1240. The number of nitrogens with zero attached hydrogens (tertiary/aromatic N) is 2. The van der Waals surface area contributed by atoms with Crippen molar-refractivity contribution >= 4 is 29.3 Å². The normalized spacial score (nSPS) is 12.7. The molecule has 180 valence electrons. The molecule has 0 bridgehead atoms. The number of carbonyl (C=O) groups is 3. The first kappa shape index (κ1) is 24.6.